The summed E-state index contributed by atoms with van der Waals surface area (Å²) in [7, 11) is 0. The van der Waals surface area contributed by atoms with E-state index in [0.717, 1.165) is 12.0 Å². The Morgan fingerprint density at radius 3 is 2.20 bits per heavy atom. The molecule has 0 heterocycles. The van der Waals surface area contributed by atoms with E-state index in [4.69, 9.17) is 5.11 Å². The first-order chi connectivity index (χ1) is 4.68. The van der Waals surface area contributed by atoms with Gasteiger partial charge in [-0.05, 0) is 32.3 Å². The second-order valence-electron chi connectivity index (χ2n) is 2.82. The van der Waals surface area contributed by atoms with Gasteiger partial charge in [-0.25, -0.2) is 0 Å². The minimum Gasteiger partial charge on any atom is -0.513 e. The van der Waals surface area contributed by atoms with E-state index in [2.05, 4.69) is 6.92 Å². The molecule has 0 aliphatic carbocycles. The van der Waals surface area contributed by atoms with Gasteiger partial charge in [-0.1, -0.05) is 19.8 Å². The van der Waals surface area contributed by atoms with Gasteiger partial charge in [-0.15, -0.1) is 0 Å². The molecule has 0 aliphatic rings. The molecule has 1 N–H and O–H groups in total. The Morgan fingerprint density at radius 1 is 1.20 bits per heavy atom. The summed E-state index contributed by atoms with van der Waals surface area (Å²) < 4.78 is 0. The molecule has 0 saturated heterocycles. The predicted octanol–water partition coefficient (Wildman–Crippen LogP) is 3.42. The van der Waals surface area contributed by atoms with E-state index in [0.29, 0.717) is 5.76 Å². The molecule has 10 heavy (non-hydrogen) atoms. The lowest BCUT2D eigenvalue weighted by Gasteiger charge is -2.00. The summed E-state index contributed by atoms with van der Waals surface area (Å²) in [5.41, 5.74) is 1.13. The normalized spacial score (nSPS) is 13.1. The van der Waals surface area contributed by atoms with Crippen LogP contribution in [0.5, 0.6) is 0 Å². The zero-order chi connectivity index (χ0) is 7.98. The number of unbranched alkanes of at least 4 members (excludes halogenated alkanes) is 2. The highest BCUT2D eigenvalue weighted by atomic mass is 16.3. The molecule has 0 radical (unpaired) electrons. The summed E-state index contributed by atoms with van der Waals surface area (Å²) in [6.45, 7) is 5.93. The Labute approximate surface area is 63.8 Å². The van der Waals surface area contributed by atoms with Crippen molar-refractivity contribution in [2.45, 2.75) is 46.5 Å². The molecule has 0 unspecified atom stereocenters. The van der Waals surface area contributed by atoms with Gasteiger partial charge < -0.3 is 5.11 Å². The zero-order valence-corrected chi connectivity index (χ0v) is 7.28. The topological polar surface area (TPSA) is 20.2 Å². The molecule has 1 nitrogen and oxygen atoms in total. The van der Waals surface area contributed by atoms with Crippen LogP contribution in [0.15, 0.2) is 11.3 Å². The maximum absolute atomic E-state index is 9.00. The van der Waals surface area contributed by atoms with Crippen molar-refractivity contribution in [3.8, 4) is 0 Å². The van der Waals surface area contributed by atoms with Crippen molar-refractivity contribution in [2.24, 2.45) is 0 Å². The van der Waals surface area contributed by atoms with E-state index in [9.17, 15) is 0 Å². The highest BCUT2D eigenvalue weighted by molar-refractivity contribution is 5.00. The summed E-state index contributed by atoms with van der Waals surface area (Å²) >= 11 is 0. The first-order valence-corrected chi connectivity index (χ1v) is 4.03. The molecule has 60 valence electrons. The largest absolute Gasteiger partial charge is 0.513 e. The molecule has 0 spiro atoms. The van der Waals surface area contributed by atoms with E-state index < -0.39 is 0 Å². The van der Waals surface area contributed by atoms with Gasteiger partial charge in [0.1, 0.15) is 0 Å². The fraction of sp³-hybridized carbons (Fsp3) is 0.778. The van der Waals surface area contributed by atoms with Crippen molar-refractivity contribution in [3.05, 3.63) is 11.3 Å². The van der Waals surface area contributed by atoms with Crippen molar-refractivity contribution < 1.29 is 5.11 Å². The number of hydrogen-bond donors (Lipinski definition) is 1. The van der Waals surface area contributed by atoms with Gasteiger partial charge in [-0.2, -0.15) is 0 Å². The van der Waals surface area contributed by atoms with E-state index in [1.807, 2.05) is 6.92 Å². The number of rotatable bonds is 4. The third-order valence-electron chi connectivity index (χ3n) is 1.77. The molecule has 0 fully saturated rings. The zero-order valence-electron chi connectivity index (χ0n) is 7.28. The number of allylic oxidation sites excluding steroid dienone is 2. The average molecular weight is 142 g/mol. The van der Waals surface area contributed by atoms with Crippen molar-refractivity contribution >= 4 is 0 Å². The molecule has 0 atom stereocenters. The molecule has 0 aliphatic heterocycles. The Hall–Kier alpha value is -0.460. The van der Waals surface area contributed by atoms with Crippen LogP contribution < -0.4 is 0 Å². The predicted molar refractivity (Wildman–Crippen MR) is 45.1 cm³/mol. The molecule has 1 heteroatoms. The molecular weight excluding hydrogens is 124 g/mol. The van der Waals surface area contributed by atoms with Crippen LogP contribution in [-0.2, 0) is 0 Å². The first-order valence-electron chi connectivity index (χ1n) is 4.03. The molecule has 0 saturated carbocycles. The average Bonchev–Trinajstić information content (AvgIpc) is 1.88. The van der Waals surface area contributed by atoms with Crippen LogP contribution in [0.2, 0.25) is 0 Å². The molecule has 0 aromatic carbocycles. The highest BCUT2D eigenvalue weighted by Gasteiger charge is 1.93. The Bertz CT molecular complexity index is 110. The maximum Gasteiger partial charge on any atom is 0.0880 e. The van der Waals surface area contributed by atoms with E-state index in [1.54, 1.807) is 6.92 Å². The van der Waals surface area contributed by atoms with Crippen LogP contribution in [0, 0.1) is 0 Å². The monoisotopic (exact) mass is 142 g/mol. The summed E-state index contributed by atoms with van der Waals surface area (Å²) in [5.74, 6) is 0.496. The standard InChI is InChI=1S/C9H18O/c1-4-5-6-7-8(2)9(3)10/h10H,4-7H2,1-3H3/b9-8+. The lowest BCUT2D eigenvalue weighted by atomic mass is 10.1. The molecule has 0 bridgehead atoms. The fourth-order valence-corrected chi connectivity index (χ4v) is 0.821. The van der Waals surface area contributed by atoms with Crippen molar-refractivity contribution in [2.75, 3.05) is 0 Å². The minimum atomic E-state index is 0.496. The van der Waals surface area contributed by atoms with Crippen LogP contribution in [0.3, 0.4) is 0 Å². The minimum absolute atomic E-state index is 0.496. The summed E-state index contributed by atoms with van der Waals surface area (Å²) in [6, 6.07) is 0. The molecule has 0 aromatic rings. The second kappa shape index (κ2) is 5.33. The fourth-order valence-electron chi connectivity index (χ4n) is 0.821. The number of hydrogen-bond acceptors (Lipinski definition) is 1. The summed E-state index contributed by atoms with van der Waals surface area (Å²) in [4.78, 5) is 0. The van der Waals surface area contributed by atoms with E-state index in [-0.39, 0.29) is 0 Å². The van der Waals surface area contributed by atoms with Gasteiger partial charge in [0.15, 0.2) is 0 Å². The first kappa shape index (κ1) is 9.54. The van der Waals surface area contributed by atoms with Gasteiger partial charge in [-0.3, -0.25) is 0 Å². The third kappa shape index (κ3) is 4.42. The van der Waals surface area contributed by atoms with Gasteiger partial charge >= 0.3 is 0 Å². The van der Waals surface area contributed by atoms with Crippen LogP contribution in [0.1, 0.15) is 46.5 Å². The van der Waals surface area contributed by atoms with Crippen LogP contribution in [-0.4, -0.2) is 5.11 Å². The quantitative estimate of drug-likeness (QED) is 0.471. The van der Waals surface area contributed by atoms with Crippen molar-refractivity contribution in [1.82, 2.24) is 0 Å². The summed E-state index contributed by atoms with van der Waals surface area (Å²) in [6.07, 6.45) is 4.78. The smallest absolute Gasteiger partial charge is 0.0880 e. The van der Waals surface area contributed by atoms with Crippen molar-refractivity contribution in [3.63, 3.8) is 0 Å². The molecular formula is C9H18O. The second-order valence-corrected chi connectivity index (χ2v) is 2.82. The highest BCUT2D eigenvalue weighted by Crippen LogP contribution is 2.10. The van der Waals surface area contributed by atoms with Crippen LogP contribution >= 0.6 is 0 Å². The van der Waals surface area contributed by atoms with Crippen LogP contribution in [0.25, 0.3) is 0 Å². The lowest BCUT2D eigenvalue weighted by molar-refractivity contribution is 0.403. The Kier molecular flexibility index (Phi) is 5.09. The summed E-state index contributed by atoms with van der Waals surface area (Å²) in [5, 5.41) is 9.00. The molecule has 0 amide bonds. The number of aliphatic hydroxyl groups excluding tert-OH is 1. The van der Waals surface area contributed by atoms with Crippen LogP contribution in [0.4, 0.5) is 0 Å². The Balaban J connectivity index is 3.40. The lowest BCUT2D eigenvalue weighted by Crippen LogP contribution is -1.83. The van der Waals surface area contributed by atoms with E-state index >= 15 is 0 Å². The Morgan fingerprint density at radius 2 is 1.80 bits per heavy atom. The molecule has 0 aromatic heterocycles. The van der Waals surface area contributed by atoms with Gasteiger partial charge in [0.25, 0.3) is 0 Å². The SMILES string of the molecule is CCCCC/C(C)=C(\C)O. The molecule has 0 rings (SSSR count). The number of aliphatic hydroxyl groups is 1. The van der Waals surface area contributed by atoms with Crippen molar-refractivity contribution in [1.29, 1.82) is 0 Å². The van der Waals surface area contributed by atoms with E-state index in [1.165, 1.54) is 19.3 Å². The van der Waals surface area contributed by atoms with Gasteiger partial charge in [0.05, 0.1) is 5.76 Å². The van der Waals surface area contributed by atoms with Gasteiger partial charge in [0, 0.05) is 0 Å². The maximum atomic E-state index is 9.00. The third-order valence-corrected chi connectivity index (χ3v) is 1.77. The van der Waals surface area contributed by atoms with Gasteiger partial charge in [0.2, 0.25) is 0 Å².